The summed E-state index contributed by atoms with van der Waals surface area (Å²) in [6.07, 6.45) is 8.11. The first-order chi connectivity index (χ1) is 7.76. The second-order valence-electron chi connectivity index (χ2n) is 4.06. The summed E-state index contributed by atoms with van der Waals surface area (Å²) >= 11 is 0. The maximum Gasteiger partial charge on any atom is 0.0950 e. The van der Waals surface area contributed by atoms with Crippen molar-refractivity contribution in [1.82, 2.24) is 14.5 Å². The Morgan fingerprint density at radius 3 is 3.12 bits per heavy atom. The molecule has 0 spiro atoms. The van der Waals surface area contributed by atoms with Gasteiger partial charge in [0.25, 0.3) is 0 Å². The minimum Gasteiger partial charge on any atom is -0.336 e. The maximum absolute atomic E-state index is 5.48. The normalized spacial score (nSPS) is 10.9. The largest absolute Gasteiger partial charge is 0.336 e. The second kappa shape index (κ2) is 7.19. The van der Waals surface area contributed by atoms with Crippen molar-refractivity contribution in [3.8, 4) is 0 Å². The highest BCUT2D eigenvalue weighted by Gasteiger charge is 2.02. The predicted octanol–water partition coefficient (Wildman–Crippen LogP) is 1.24. The number of hydrogen-bond acceptors (Lipinski definition) is 3. The van der Waals surface area contributed by atoms with Crippen molar-refractivity contribution in [3.63, 3.8) is 0 Å². The van der Waals surface area contributed by atoms with E-state index >= 15 is 0 Å². The maximum atomic E-state index is 5.48. The molecule has 4 nitrogen and oxygen atoms in total. The zero-order chi connectivity index (χ0) is 11.8. The molecule has 0 aliphatic carbocycles. The van der Waals surface area contributed by atoms with Crippen LogP contribution in [-0.4, -0.2) is 34.6 Å². The Bertz CT molecular complexity index is 306. The quantitative estimate of drug-likeness (QED) is 0.532. The lowest BCUT2D eigenvalue weighted by Gasteiger charge is -2.14. The Hall–Kier alpha value is -1.13. The Kier molecular flexibility index (Phi) is 5.82. The summed E-state index contributed by atoms with van der Waals surface area (Å²) in [4.78, 5) is 6.63. The van der Waals surface area contributed by atoms with Crippen LogP contribution >= 0.6 is 0 Å². The van der Waals surface area contributed by atoms with Gasteiger partial charge in [0.2, 0.25) is 0 Å². The topological polar surface area (TPSA) is 47.1 Å². The first kappa shape index (κ1) is 12.9. The number of rotatable bonds is 8. The van der Waals surface area contributed by atoms with Crippen LogP contribution in [0.5, 0.6) is 0 Å². The molecular weight excluding hydrogens is 200 g/mol. The molecule has 2 N–H and O–H groups in total. The SMILES string of the molecule is C=CCCCN(C)Cc1cn(CCN)cn1. The van der Waals surface area contributed by atoms with Crippen LogP contribution in [0.1, 0.15) is 18.5 Å². The molecule has 16 heavy (non-hydrogen) atoms. The van der Waals surface area contributed by atoms with Crippen LogP contribution in [0.15, 0.2) is 25.2 Å². The molecule has 1 heterocycles. The van der Waals surface area contributed by atoms with E-state index in [1.807, 2.05) is 17.0 Å². The van der Waals surface area contributed by atoms with Gasteiger partial charge in [-0.15, -0.1) is 6.58 Å². The summed E-state index contributed by atoms with van der Waals surface area (Å²) in [6, 6.07) is 0. The molecule has 0 aromatic carbocycles. The monoisotopic (exact) mass is 222 g/mol. The highest BCUT2D eigenvalue weighted by atomic mass is 15.1. The summed E-state index contributed by atoms with van der Waals surface area (Å²) in [6.45, 7) is 7.19. The summed E-state index contributed by atoms with van der Waals surface area (Å²) < 4.78 is 2.03. The first-order valence-corrected chi connectivity index (χ1v) is 5.76. The number of aromatic nitrogens is 2. The minimum atomic E-state index is 0.658. The molecular formula is C12H22N4. The lowest BCUT2D eigenvalue weighted by atomic mass is 10.3. The molecule has 1 aromatic rings. The van der Waals surface area contributed by atoms with Gasteiger partial charge >= 0.3 is 0 Å². The van der Waals surface area contributed by atoms with Gasteiger partial charge in [0.05, 0.1) is 12.0 Å². The molecule has 0 radical (unpaired) electrons. The van der Waals surface area contributed by atoms with E-state index in [2.05, 4.69) is 29.7 Å². The molecule has 90 valence electrons. The minimum absolute atomic E-state index is 0.658. The first-order valence-electron chi connectivity index (χ1n) is 5.76. The van der Waals surface area contributed by atoms with Crippen LogP contribution < -0.4 is 5.73 Å². The van der Waals surface area contributed by atoms with Crippen molar-refractivity contribution >= 4 is 0 Å². The van der Waals surface area contributed by atoms with Gasteiger partial charge in [-0.25, -0.2) is 4.98 Å². The zero-order valence-corrected chi connectivity index (χ0v) is 10.1. The van der Waals surface area contributed by atoms with Gasteiger partial charge in [-0.1, -0.05) is 6.08 Å². The molecule has 4 heteroatoms. The third-order valence-corrected chi connectivity index (χ3v) is 2.45. The third-order valence-electron chi connectivity index (χ3n) is 2.45. The molecule has 0 aliphatic heterocycles. The van der Waals surface area contributed by atoms with E-state index < -0.39 is 0 Å². The van der Waals surface area contributed by atoms with Gasteiger partial charge in [-0.3, -0.25) is 0 Å². The van der Waals surface area contributed by atoms with Crippen LogP contribution in [0.4, 0.5) is 0 Å². The molecule has 1 aromatic heterocycles. The summed E-state index contributed by atoms with van der Waals surface area (Å²) in [5, 5.41) is 0. The van der Waals surface area contributed by atoms with Gasteiger partial charge in [0.1, 0.15) is 0 Å². The fourth-order valence-electron chi connectivity index (χ4n) is 1.62. The van der Waals surface area contributed by atoms with Gasteiger partial charge < -0.3 is 15.2 Å². The third kappa shape index (κ3) is 4.59. The van der Waals surface area contributed by atoms with Crippen molar-refractivity contribution in [3.05, 3.63) is 30.9 Å². The van der Waals surface area contributed by atoms with E-state index in [1.54, 1.807) is 0 Å². The Balaban J connectivity index is 2.31. The number of nitrogens with zero attached hydrogens (tertiary/aromatic N) is 3. The summed E-state index contributed by atoms with van der Waals surface area (Å²) in [5.41, 5.74) is 6.59. The molecule has 0 bridgehead atoms. The summed E-state index contributed by atoms with van der Waals surface area (Å²) in [7, 11) is 2.12. The fraction of sp³-hybridized carbons (Fsp3) is 0.583. The van der Waals surface area contributed by atoms with Crippen LogP contribution in [0.2, 0.25) is 0 Å². The van der Waals surface area contributed by atoms with E-state index in [0.717, 1.165) is 38.2 Å². The highest BCUT2D eigenvalue weighted by Crippen LogP contribution is 2.02. The Morgan fingerprint density at radius 2 is 2.44 bits per heavy atom. The van der Waals surface area contributed by atoms with Gasteiger partial charge in [-0.05, 0) is 26.4 Å². The molecule has 0 saturated carbocycles. The zero-order valence-electron chi connectivity index (χ0n) is 10.1. The van der Waals surface area contributed by atoms with Crippen LogP contribution in [-0.2, 0) is 13.1 Å². The Labute approximate surface area is 97.8 Å². The van der Waals surface area contributed by atoms with Crippen molar-refractivity contribution in [1.29, 1.82) is 0 Å². The van der Waals surface area contributed by atoms with Gasteiger partial charge in [0.15, 0.2) is 0 Å². The van der Waals surface area contributed by atoms with E-state index in [9.17, 15) is 0 Å². The van der Waals surface area contributed by atoms with E-state index in [4.69, 9.17) is 5.73 Å². The number of unbranched alkanes of at least 4 members (excludes halogenated alkanes) is 1. The smallest absolute Gasteiger partial charge is 0.0950 e. The van der Waals surface area contributed by atoms with Crippen molar-refractivity contribution < 1.29 is 0 Å². The number of allylic oxidation sites excluding steroid dienone is 1. The molecule has 0 aliphatic rings. The van der Waals surface area contributed by atoms with E-state index in [0.29, 0.717) is 6.54 Å². The molecule has 0 saturated heterocycles. The fourth-order valence-corrected chi connectivity index (χ4v) is 1.62. The molecule has 0 fully saturated rings. The van der Waals surface area contributed by atoms with Crippen LogP contribution in [0.3, 0.4) is 0 Å². The second-order valence-corrected chi connectivity index (χ2v) is 4.06. The number of nitrogens with two attached hydrogens (primary N) is 1. The molecule has 0 unspecified atom stereocenters. The van der Waals surface area contributed by atoms with E-state index in [1.165, 1.54) is 0 Å². The van der Waals surface area contributed by atoms with Crippen LogP contribution in [0, 0.1) is 0 Å². The predicted molar refractivity (Wildman–Crippen MR) is 67.0 cm³/mol. The number of hydrogen-bond donors (Lipinski definition) is 1. The van der Waals surface area contributed by atoms with Crippen LogP contribution in [0.25, 0.3) is 0 Å². The van der Waals surface area contributed by atoms with E-state index in [-0.39, 0.29) is 0 Å². The standard InChI is InChI=1S/C12H22N4/c1-3-4-5-7-15(2)9-12-10-16(8-6-13)11-14-12/h3,10-11H,1,4-9,13H2,2H3. The average molecular weight is 222 g/mol. The van der Waals surface area contributed by atoms with Gasteiger partial charge in [-0.2, -0.15) is 0 Å². The van der Waals surface area contributed by atoms with Crippen molar-refractivity contribution in [2.75, 3.05) is 20.1 Å². The number of imidazole rings is 1. The molecule has 0 atom stereocenters. The summed E-state index contributed by atoms with van der Waals surface area (Å²) in [5.74, 6) is 0. The van der Waals surface area contributed by atoms with Crippen molar-refractivity contribution in [2.45, 2.75) is 25.9 Å². The lowest BCUT2D eigenvalue weighted by Crippen LogP contribution is -2.19. The molecule has 0 amide bonds. The Morgan fingerprint density at radius 1 is 1.62 bits per heavy atom. The highest BCUT2D eigenvalue weighted by molar-refractivity contribution is 4.96. The average Bonchev–Trinajstić information content (AvgIpc) is 2.66. The van der Waals surface area contributed by atoms with Crippen molar-refractivity contribution in [2.24, 2.45) is 5.73 Å². The molecule has 1 rings (SSSR count). The lowest BCUT2D eigenvalue weighted by molar-refractivity contribution is 0.319. The van der Waals surface area contributed by atoms with Gasteiger partial charge in [0, 0.05) is 25.8 Å².